The Labute approximate surface area is 137 Å². The second kappa shape index (κ2) is 6.60. The molecule has 1 saturated carbocycles. The molecule has 0 bridgehead atoms. The first-order chi connectivity index (χ1) is 11.3. The van der Waals surface area contributed by atoms with Gasteiger partial charge in [0.2, 0.25) is 0 Å². The van der Waals surface area contributed by atoms with Gasteiger partial charge in [-0.25, -0.2) is 4.99 Å². The molecule has 1 aromatic heterocycles. The number of carbonyl (C=O) groups excluding carboxylic acids is 1. The zero-order valence-corrected chi connectivity index (χ0v) is 13.8. The highest BCUT2D eigenvalue weighted by Crippen LogP contribution is 2.35. The SMILES string of the molecule is O=C1CC(CC2CCCCC2)=Nc2c1ccn2C1CCOCC1. The smallest absolute Gasteiger partial charge is 0.172 e. The Kier molecular flexibility index (Phi) is 4.34. The third-order valence-corrected chi connectivity index (χ3v) is 5.65. The van der Waals surface area contributed by atoms with E-state index in [0.29, 0.717) is 12.5 Å². The highest BCUT2D eigenvalue weighted by molar-refractivity contribution is 6.15. The van der Waals surface area contributed by atoms with E-state index in [9.17, 15) is 4.79 Å². The normalized spacial score (nSPS) is 23.7. The summed E-state index contributed by atoms with van der Waals surface area (Å²) in [5.74, 6) is 1.91. The number of fused-ring (bicyclic) bond motifs is 1. The molecule has 23 heavy (non-hydrogen) atoms. The maximum atomic E-state index is 12.5. The maximum Gasteiger partial charge on any atom is 0.172 e. The Bertz CT molecular complexity index is 605. The zero-order chi connectivity index (χ0) is 15.6. The van der Waals surface area contributed by atoms with Crippen LogP contribution in [-0.2, 0) is 4.74 Å². The summed E-state index contributed by atoms with van der Waals surface area (Å²) >= 11 is 0. The van der Waals surface area contributed by atoms with Crippen LogP contribution in [0.2, 0.25) is 0 Å². The summed E-state index contributed by atoms with van der Waals surface area (Å²) in [7, 11) is 0. The van der Waals surface area contributed by atoms with Gasteiger partial charge in [0, 0.05) is 37.6 Å². The van der Waals surface area contributed by atoms with E-state index in [4.69, 9.17) is 9.73 Å². The number of Topliss-reactive ketones (excluding diaryl/α,β-unsaturated/α-hetero) is 1. The minimum Gasteiger partial charge on any atom is -0.381 e. The van der Waals surface area contributed by atoms with Crippen molar-refractivity contribution in [3.8, 4) is 0 Å². The van der Waals surface area contributed by atoms with Crippen LogP contribution in [0.1, 0.15) is 74.2 Å². The van der Waals surface area contributed by atoms with E-state index in [1.165, 1.54) is 32.1 Å². The van der Waals surface area contributed by atoms with E-state index in [1.54, 1.807) is 0 Å². The van der Waals surface area contributed by atoms with Gasteiger partial charge in [0.1, 0.15) is 5.82 Å². The van der Waals surface area contributed by atoms with Crippen molar-refractivity contribution in [2.75, 3.05) is 13.2 Å². The first-order valence-corrected chi connectivity index (χ1v) is 9.19. The van der Waals surface area contributed by atoms with Crippen LogP contribution in [0.3, 0.4) is 0 Å². The van der Waals surface area contributed by atoms with Gasteiger partial charge in [0.15, 0.2) is 5.78 Å². The van der Waals surface area contributed by atoms with Crippen molar-refractivity contribution in [1.29, 1.82) is 0 Å². The molecule has 4 rings (SSSR count). The summed E-state index contributed by atoms with van der Waals surface area (Å²) < 4.78 is 7.70. The number of nitrogens with zero attached hydrogens (tertiary/aromatic N) is 2. The monoisotopic (exact) mass is 314 g/mol. The summed E-state index contributed by atoms with van der Waals surface area (Å²) in [4.78, 5) is 17.5. The number of rotatable bonds is 3. The number of aliphatic imine (C=N–C) groups is 1. The van der Waals surface area contributed by atoms with Gasteiger partial charge in [-0.05, 0) is 31.2 Å². The molecule has 0 spiro atoms. The Morgan fingerprint density at radius 2 is 1.91 bits per heavy atom. The molecular formula is C19H26N2O2. The molecule has 0 radical (unpaired) electrons. The topological polar surface area (TPSA) is 43.6 Å². The molecule has 2 fully saturated rings. The fourth-order valence-corrected chi connectivity index (χ4v) is 4.34. The van der Waals surface area contributed by atoms with Crippen LogP contribution in [-0.4, -0.2) is 29.3 Å². The molecule has 0 aromatic carbocycles. The lowest BCUT2D eigenvalue weighted by molar-refractivity contribution is 0.0700. The lowest BCUT2D eigenvalue weighted by Crippen LogP contribution is -2.21. The Balaban J connectivity index is 1.57. The summed E-state index contributed by atoms with van der Waals surface area (Å²) in [6.07, 6.45) is 12.3. The van der Waals surface area contributed by atoms with E-state index in [2.05, 4.69) is 10.8 Å². The largest absolute Gasteiger partial charge is 0.381 e. The molecule has 1 saturated heterocycles. The van der Waals surface area contributed by atoms with Crippen molar-refractivity contribution in [2.45, 2.75) is 63.8 Å². The van der Waals surface area contributed by atoms with E-state index in [-0.39, 0.29) is 5.78 Å². The third-order valence-electron chi connectivity index (χ3n) is 5.65. The van der Waals surface area contributed by atoms with Crippen LogP contribution >= 0.6 is 0 Å². The fourth-order valence-electron chi connectivity index (χ4n) is 4.34. The van der Waals surface area contributed by atoms with Gasteiger partial charge in [-0.1, -0.05) is 32.1 Å². The maximum absolute atomic E-state index is 12.5. The predicted octanol–water partition coefficient (Wildman–Crippen LogP) is 4.47. The molecule has 1 aromatic rings. The van der Waals surface area contributed by atoms with Gasteiger partial charge in [-0.3, -0.25) is 4.79 Å². The number of hydrogen-bond donors (Lipinski definition) is 0. The molecule has 0 amide bonds. The van der Waals surface area contributed by atoms with Crippen LogP contribution in [0.15, 0.2) is 17.3 Å². The number of aromatic nitrogens is 1. The molecule has 0 atom stereocenters. The lowest BCUT2D eigenvalue weighted by Gasteiger charge is -2.27. The molecule has 4 heteroatoms. The first-order valence-electron chi connectivity index (χ1n) is 9.19. The van der Waals surface area contributed by atoms with Crippen molar-refractivity contribution in [2.24, 2.45) is 10.9 Å². The number of carbonyl (C=O) groups is 1. The fraction of sp³-hybridized carbons (Fsp3) is 0.684. The Morgan fingerprint density at radius 1 is 1.13 bits per heavy atom. The van der Waals surface area contributed by atoms with Gasteiger partial charge in [0.25, 0.3) is 0 Å². The van der Waals surface area contributed by atoms with E-state index in [0.717, 1.165) is 55.5 Å². The molecule has 0 unspecified atom stereocenters. The van der Waals surface area contributed by atoms with Crippen LogP contribution in [0.5, 0.6) is 0 Å². The molecular weight excluding hydrogens is 288 g/mol. The summed E-state index contributed by atoms with van der Waals surface area (Å²) in [6, 6.07) is 2.40. The third kappa shape index (κ3) is 3.14. The van der Waals surface area contributed by atoms with E-state index < -0.39 is 0 Å². The van der Waals surface area contributed by atoms with Crippen LogP contribution < -0.4 is 0 Å². The van der Waals surface area contributed by atoms with Crippen LogP contribution in [0.4, 0.5) is 5.82 Å². The average Bonchev–Trinajstić information content (AvgIpc) is 3.01. The molecule has 3 heterocycles. The lowest BCUT2D eigenvalue weighted by atomic mass is 9.84. The number of ketones is 1. The Hall–Kier alpha value is -1.42. The molecule has 2 aliphatic heterocycles. The van der Waals surface area contributed by atoms with Gasteiger partial charge in [0.05, 0.1) is 5.56 Å². The second-order valence-electron chi connectivity index (χ2n) is 7.29. The quantitative estimate of drug-likeness (QED) is 0.826. The standard InChI is InChI=1S/C19H26N2O2/c22-18-13-15(12-14-4-2-1-3-5-14)20-19-17(18)6-9-21(19)16-7-10-23-11-8-16/h6,9,14,16H,1-5,7-8,10-13H2. The van der Waals surface area contributed by atoms with Crippen LogP contribution in [0, 0.1) is 5.92 Å². The average molecular weight is 314 g/mol. The highest BCUT2D eigenvalue weighted by atomic mass is 16.5. The molecule has 4 nitrogen and oxygen atoms in total. The predicted molar refractivity (Wildman–Crippen MR) is 90.8 cm³/mol. The van der Waals surface area contributed by atoms with Crippen LogP contribution in [0.25, 0.3) is 0 Å². The summed E-state index contributed by atoms with van der Waals surface area (Å²) in [5.41, 5.74) is 1.94. The van der Waals surface area contributed by atoms with Crippen molar-refractivity contribution < 1.29 is 9.53 Å². The zero-order valence-electron chi connectivity index (χ0n) is 13.8. The van der Waals surface area contributed by atoms with Crippen molar-refractivity contribution >= 4 is 17.3 Å². The first kappa shape index (κ1) is 15.1. The van der Waals surface area contributed by atoms with Gasteiger partial charge in [-0.15, -0.1) is 0 Å². The molecule has 124 valence electrons. The van der Waals surface area contributed by atoms with Gasteiger partial charge >= 0.3 is 0 Å². The summed E-state index contributed by atoms with van der Waals surface area (Å²) in [5, 5.41) is 0. The van der Waals surface area contributed by atoms with E-state index in [1.807, 2.05) is 6.07 Å². The number of ether oxygens (including phenoxy) is 1. The van der Waals surface area contributed by atoms with Gasteiger partial charge in [-0.2, -0.15) is 0 Å². The summed E-state index contributed by atoms with van der Waals surface area (Å²) in [6.45, 7) is 1.62. The van der Waals surface area contributed by atoms with Crippen molar-refractivity contribution in [1.82, 2.24) is 4.57 Å². The minimum atomic E-state index is 0.256. The minimum absolute atomic E-state index is 0.256. The second-order valence-corrected chi connectivity index (χ2v) is 7.29. The molecule has 1 aliphatic carbocycles. The highest BCUT2D eigenvalue weighted by Gasteiger charge is 2.28. The Morgan fingerprint density at radius 3 is 2.70 bits per heavy atom. The molecule has 3 aliphatic rings. The van der Waals surface area contributed by atoms with Gasteiger partial charge < -0.3 is 9.30 Å². The van der Waals surface area contributed by atoms with Crippen molar-refractivity contribution in [3.63, 3.8) is 0 Å². The molecule has 0 N–H and O–H groups in total. The van der Waals surface area contributed by atoms with E-state index >= 15 is 0 Å². The number of hydrogen-bond acceptors (Lipinski definition) is 3. The van der Waals surface area contributed by atoms with Crippen molar-refractivity contribution in [3.05, 3.63) is 17.8 Å².